The number of rotatable bonds is 2. The van der Waals surface area contributed by atoms with Gasteiger partial charge in [0.2, 0.25) is 0 Å². The maximum absolute atomic E-state index is 11.8. The fourth-order valence-corrected chi connectivity index (χ4v) is 2.26. The first-order valence-corrected chi connectivity index (χ1v) is 6.21. The molecule has 6 nitrogen and oxygen atoms in total. The SMILES string of the molecule is CC(C)(C)OC(=O)N1CC(C(=O)O)(N2CCC2)C1. The Morgan fingerprint density at radius 3 is 2.11 bits per heavy atom. The molecule has 1 N–H and O–H groups in total. The molecule has 0 aromatic heterocycles. The molecule has 0 bridgehead atoms. The Morgan fingerprint density at radius 2 is 1.78 bits per heavy atom. The van der Waals surface area contributed by atoms with Crippen molar-refractivity contribution in [2.45, 2.75) is 38.3 Å². The summed E-state index contributed by atoms with van der Waals surface area (Å²) in [5.41, 5.74) is -1.43. The third-order valence-electron chi connectivity index (χ3n) is 3.42. The van der Waals surface area contributed by atoms with E-state index in [9.17, 15) is 14.7 Å². The van der Waals surface area contributed by atoms with E-state index in [1.165, 1.54) is 4.90 Å². The summed E-state index contributed by atoms with van der Waals surface area (Å²) < 4.78 is 5.22. The third kappa shape index (κ3) is 2.16. The first-order chi connectivity index (χ1) is 8.24. The normalized spacial score (nSPS) is 22.9. The Kier molecular flexibility index (Phi) is 3.01. The van der Waals surface area contributed by atoms with Gasteiger partial charge in [0.25, 0.3) is 0 Å². The topological polar surface area (TPSA) is 70.1 Å². The molecule has 0 unspecified atom stereocenters. The van der Waals surface area contributed by atoms with Crippen LogP contribution in [0, 0.1) is 0 Å². The molecule has 0 aromatic rings. The smallest absolute Gasteiger partial charge is 0.410 e. The van der Waals surface area contributed by atoms with E-state index < -0.39 is 23.2 Å². The molecule has 0 aromatic carbocycles. The summed E-state index contributed by atoms with van der Waals surface area (Å²) in [7, 11) is 0. The number of hydrogen-bond acceptors (Lipinski definition) is 4. The van der Waals surface area contributed by atoms with E-state index in [2.05, 4.69) is 0 Å². The Bertz CT molecular complexity index is 365. The number of ether oxygens (including phenoxy) is 1. The number of carboxylic acid groups (broad SMARTS) is 1. The molecule has 102 valence electrons. The summed E-state index contributed by atoms with van der Waals surface area (Å²) in [4.78, 5) is 26.5. The number of amides is 1. The molecule has 2 rings (SSSR count). The number of carboxylic acids is 1. The van der Waals surface area contributed by atoms with Crippen molar-refractivity contribution in [1.29, 1.82) is 0 Å². The first kappa shape index (κ1) is 13.1. The van der Waals surface area contributed by atoms with Crippen LogP contribution in [0.5, 0.6) is 0 Å². The second kappa shape index (κ2) is 4.12. The quantitative estimate of drug-likeness (QED) is 0.790. The molecule has 0 atom stereocenters. The third-order valence-corrected chi connectivity index (χ3v) is 3.42. The van der Waals surface area contributed by atoms with E-state index in [4.69, 9.17) is 4.74 Å². The van der Waals surface area contributed by atoms with Crippen LogP contribution < -0.4 is 0 Å². The molecule has 0 spiro atoms. The van der Waals surface area contributed by atoms with Crippen molar-refractivity contribution in [2.75, 3.05) is 26.2 Å². The van der Waals surface area contributed by atoms with Crippen LogP contribution in [0.3, 0.4) is 0 Å². The van der Waals surface area contributed by atoms with Gasteiger partial charge in [-0.2, -0.15) is 0 Å². The number of hydrogen-bond donors (Lipinski definition) is 1. The minimum absolute atomic E-state index is 0.219. The number of aliphatic carboxylic acids is 1. The van der Waals surface area contributed by atoms with Gasteiger partial charge < -0.3 is 14.7 Å². The molecule has 2 saturated heterocycles. The van der Waals surface area contributed by atoms with Crippen molar-refractivity contribution in [1.82, 2.24) is 9.80 Å². The van der Waals surface area contributed by atoms with Gasteiger partial charge in [-0.3, -0.25) is 9.69 Å². The summed E-state index contributed by atoms with van der Waals surface area (Å²) in [5, 5.41) is 9.33. The lowest BCUT2D eigenvalue weighted by molar-refractivity contribution is -0.169. The van der Waals surface area contributed by atoms with Crippen LogP contribution in [0.25, 0.3) is 0 Å². The molecule has 2 heterocycles. The van der Waals surface area contributed by atoms with Crippen molar-refractivity contribution in [2.24, 2.45) is 0 Å². The molecular weight excluding hydrogens is 236 g/mol. The van der Waals surface area contributed by atoms with E-state index in [0.717, 1.165) is 19.5 Å². The summed E-state index contributed by atoms with van der Waals surface area (Å²) in [5.74, 6) is -0.845. The lowest BCUT2D eigenvalue weighted by Gasteiger charge is -2.55. The number of likely N-dealkylation sites (tertiary alicyclic amines) is 2. The first-order valence-electron chi connectivity index (χ1n) is 6.21. The maximum Gasteiger partial charge on any atom is 0.410 e. The van der Waals surface area contributed by atoms with E-state index in [0.29, 0.717) is 0 Å². The molecule has 2 fully saturated rings. The van der Waals surface area contributed by atoms with Crippen LogP contribution in [0.4, 0.5) is 4.79 Å². The van der Waals surface area contributed by atoms with Crippen molar-refractivity contribution >= 4 is 12.1 Å². The average Bonchev–Trinajstić information content (AvgIpc) is 2.02. The van der Waals surface area contributed by atoms with Crippen molar-refractivity contribution < 1.29 is 19.4 Å². The molecule has 6 heteroatoms. The molecule has 0 radical (unpaired) electrons. The average molecular weight is 256 g/mol. The van der Waals surface area contributed by atoms with Gasteiger partial charge in [-0.05, 0) is 27.2 Å². The number of carbonyl (C=O) groups is 2. The predicted molar refractivity (Wildman–Crippen MR) is 64.4 cm³/mol. The van der Waals surface area contributed by atoms with Crippen LogP contribution in [-0.4, -0.2) is 64.3 Å². The van der Waals surface area contributed by atoms with Gasteiger partial charge in [-0.25, -0.2) is 4.79 Å². The molecule has 0 saturated carbocycles. The van der Waals surface area contributed by atoms with E-state index in [1.54, 1.807) is 20.8 Å². The Hall–Kier alpha value is -1.30. The van der Waals surface area contributed by atoms with Gasteiger partial charge in [0.05, 0.1) is 13.1 Å². The summed E-state index contributed by atoms with van der Waals surface area (Å²) >= 11 is 0. The fraction of sp³-hybridized carbons (Fsp3) is 0.833. The van der Waals surface area contributed by atoms with Crippen LogP contribution in [0.1, 0.15) is 27.2 Å². The Labute approximate surface area is 106 Å². The zero-order chi connectivity index (χ0) is 13.6. The number of nitrogens with zero attached hydrogens (tertiary/aromatic N) is 2. The van der Waals surface area contributed by atoms with Gasteiger partial charge in [-0.1, -0.05) is 0 Å². The van der Waals surface area contributed by atoms with E-state index in [-0.39, 0.29) is 13.1 Å². The van der Waals surface area contributed by atoms with Gasteiger partial charge in [0.1, 0.15) is 5.60 Å². The molecule has 1 amide bonds. The standard InChI is InChI=1S/C12H20N2O4/c1-11(2,3)18-10(17)13-7-12(8-13,9(15)16)14-5-4-6-14/h4-8H2,1-3H3,(H,15,16). The second-order valence-corrected chi connectivity index (χ2v) is 6.01. The lowest BCUT2D eigenvalue weighted by atomic mass is 9.85. The van der Waals surface area contributed by atoms with Crippen molar-refractivity contribution in [3.63, 3.8) is 0 Å². The fourth-order valence-electron chi connectivity index (χ4n) is 2.26. The second-order valence-electron chi connectivity index (χ2n) is 6.01. The molecule has 0 aliphatic carbocycles. The zero-order valence-corrected chi connectivity index (χ0v) is 11.1. The van der Waals surface area contributed by atoms with Crippen molar-refractivity contribution in [3.05, 3.63) is 0 Å². The van der Waals surface area contributed by atoms with E-state index >= 15 is 0 Å². The van der Waals surface area contributed by atoms with Crippen molar-refractivity contribution in [3.8, 4) is 0 Å². The Morgan fingerprint density at radius 1 is 1.22 bits per heavy atom. The highest BCUT2D eigenvalue weighted by Crippen LogP contribution is 2.33. The van der Waals surface area contributed by atoms with Gasteiger partial charge in [0.15, 0.2) is 5.54 Å². The predicted octanol–water partition coefficient (Wildman–Crippen LogP) is 0.766. The highest BCUT2D eigenvalue weighted by atomic mass is 16.6. The molecule has 2 aliphatic heterocycles. The monoisotopic (exact) mass is 256 g/mol. The van der Waals surface area contributed by atoms with Crippen LogP contribution in [-0.2, 0) is 9.53 Å². The van der Waals surface area contributed by atoms with Crippen LogP contribution in [0.15, 0.2) is 0 Å². The van der Waals surface area contributed by atoms with Crippen LogP contribution in [0.2, 0.25) is 0 Å². The molecule has 2 aliphatic rings. The summed E-state index contributed by atoms with van der Waals surface area (Å²) in [6.45, 7) is 7.43. The highest BCUT2D eigenvalue weighted by Gasteiger charge is 2.57. The largest absolute Gasteiger partial charge is 0.480 e. The van der Waals surface area contributed by atoms with Crippen LogP contribution >= 0.6 is 0 Å². The lowest BCUT2D eigenvalue weighted by Crippen LogP contribution is -2.77. The Balaban J connectivity index is 1.94. The van der Waals surface area contributed by atoms with E-state index in [1.807, 2.05) is 4.90 Å². The molecular formula is C12H20N2O4. The molecule has 18 heavy (non-hydrogen) atoms. The highest BCUT2D eigenvalue weighted by molar-refractivity contribution is 5.84. The van der Waals surface area contributed by atoms with Gasteiger partial charge in [0, 0.05) is 13.1 Å². The number of carbonyl (C=O) groups excluding carboxylic acids is 1. The maximum atomic E-state index is 11.8. The van der Waals surface area contributed by atoms with Gasteiger partial charge in [-0.15, -0.1) is 0 Å². The van der Waals surface area contributed by atoms with Gasteiger partial charge >= 0.3 is 12.1 Å². The summed E-state index contributed by atoms with van der Waals surface area (Å²) in [6.07, 6.45) is 0.599. The zero-order valence-electron chi connectivity index (χ0n) is 11.1. The minimum atomic E-state index is -0.880. The minimum Gasteiger partial charge on any atom is -0.480 e. The summed E-state index contributed by atoms with van der Waals surface area (Å²) in [6, 6.07) is 0.